The smallest absolute Gasteiger partial charge is 0.0606 e. The van der Waals surface area contributed by atoms with Crippen LogP contribution in [0.15, 0.2) is 82.6 Å². The second-order valence-corrected chi connectivity index (χ2v) is 10.9. The maximum Gasteiger partial charge on any atom is 0.0606 e. The van der Waals surface area contributed by atoms with E-state index in [9.17, 15) is 0 Å². The van der Waals surface area contributed by atoms with Crippen LogP contribution in [0.25, 0.3) is 0 Å². The predicted octanol–water partition coefficient (Wildman–Crippen LogP) is 7.24. The summed E-state index contributed by atoms with van der Waals surface area (Å²) in [6.07, 6.45) is 5.42. The van der Waals surface area contributed by atoms with Crippen molar-refractivity contribution in [1.82, 2.24) is 0 Å². The minimum Gasteiger partial charge on any atom is -0.328 e. The molecule has 0 aliphatic carbocycles. The highest BCUT2D eigenvalue weighted by Gasteiger charge is 2.41. The molecule has 0 radical (unpaired) electrons. The lowest BCUT2D eigenvalue weighted by atomic mass is 10.1. The normalized spacial score (nSPS) is 14.6. The summed E-state index contributed by atoms with van der Waals surface area (Å²) in [7, 11) is -1.60. The molecule has 2 aromatic carbocycles. The zero-order valence-electron chi connectivity index (χ0n) is 16.2. The lowest BCUT2D eigenvalue weighted by molar-refractivity contribution is 0.319. The monoisotopic (exact) mass is 356 g/mol. The zero-order chi connectivity index (χ0) is 18.3. The molecule has 0 amide bonds. The summed E-state index contributed by atoms with van der Waals surface area (Å²) < 4.78 is 6.83. The Bertz CT molecular complexity index is 616. The van der Waals surface area contributed by atoms with Crippen LogP contribution in [0.2, 0.25) is 0 Å². The van der Waals surface area contributed by atoms with Gasteiger partial charge >= 0.3 is 0 Å². The fourth-order valence-corrected chi connectivity index (χ4v) is 6.90. The summed E-state index contributed by atoms with van der Waals surface area (Å²) in [5.74, 6) is 0.536. The van der Waals surface area contributed by atoms with Gasteiger partial charge in [-0.1, -0.05) is 65.8 Å². The highest BCUT2D eigenvalue weighted by Crippen LogP contribution is 2.71. The number of rotatable bonds is 7. The van der Waals surface area contributed by atoms with Gasteiger partial charge in [-0.15, -0.1) is 0 Å². The fraction of sp³-hybridized carbons (Fsp3) is 0.391. The molecular formula is C23H32OS. The van der Waals surface area contributed by atoms with E-state index in [1.165, 1.54) is 9.79 Å². The summed E-state index contributed by atoms with van der Waals surface area (Å²) in [5.41, 5.74) is 0. The van der Waals surface area contributed by atoms with Gasteiger partial charge in [0, 0.05) is 14.5 Å². The van der Waals surface area contributed by atoms with E-state index in [1.54, 1.807) is 0 Å². The van der Waals surface area contributed by atoms with Gasteiger partial charge in [0.15, 0.2) is 0 Å². The Balaban J connectivity index is 2.46. The first kappa shape index (κ1) is 19.8. The number of hydrogen-bond acceptors (Lipinski definition) is 1. The highest BCUT2D eigenvalue weighted by atomic mass is 32.3. The largest absolute Gasteiger partial charge is 0.328 e. The van der Waals surface area contributed by atoms with Crippen molar-refractivity contribution in [3.8, 4) is 0 Å². The summed E-state index contributed by atoms with van der Waals surface area (Å²) in [4.78, 5) is 2.60. The van der Waals surface area contributed by atoms with Gasteiger partial charge in [0.05, 0.1) is 6.61 Å². The van der Waals surface area contributed by atoms with Crippen molar-refractivity contribution in [3.63, 3.8) is 0 Å². The Hall–Kier alpha value is -1.51. The lowest BCUT2D eigenvalue weighted by Gasteiger charge is -2.50. The quantitative estimate of drug-likeness (QED) is 0.475. The second kappa shape index (κ2) is 8.73. The van der Waals surface area contributed by atoms with Gasteiger partial charge in [-0.05, 0) is 64.3 Å². The predicted molar refractivity (Wildman–Crippen MR) is 111 cm³/mol. The van der Waals surface area contributed by atoms with Crippen molar-refractivity contribution in [1.29, 1.82) is 0 Å². The van der Waals surface area contributed by atoms with E-state index in [0.717, 1.165) is 13.0 Å². The number of benzene rings is 2. The Morgan fingerprint density at radius 1 is 0.920 bits per heavy atom. The average Bonchev–Trinajstić information content (AvgIpc) is 2.59. The number of hydrogen-bond donors (Lipinski definition) is 0. The summed E-state index contributed by atoms with van der Waals surface area (Å²) >= 11 is 0. The van der Waals surface area contributed by atoms with Crippen LogP contribution in [-0.2, 0) is 4.18 Å². The van der Waals surface area contributed by atoms with Crippen LogP contribution in [-0.4, -0.2) is 11.4 Å². The van der Waals surface area contributed by atoms with E-state index in [0.29, 0.717) is 5.92 Å². The molecule has 0 spiro atoms. The topological polar surface area (TPSA) is 9.23 Å². The van der Waals surface area contributed by atoms with Gasteiger partial charge in [-0.2, -0.15) is 0 Å². The fourth-order valence-electron chi connectivity index (χ4n) is 3.16. The minimum absolute atomic E-state index is 0.000456. The molecule has 136 valence electrons. The third-order valence-corrected chi connectivity index (χ3v) is 8.48. The summed E-state index contributed by atoms with van der Waals surface area (Å²) in [6, 6.07) is 21.5. The van der Waals surface area contributed by atoms with Crippen molar-refractivity contribution >= 4 is 10.3 Å². The maximum absolute atomic E-state index is 6.83. The first-order valence-electron chi connectivity index (χ1n) is 9.12. The van der Waals surface area contributed by atoms with Gasteiger partial charge in [0.1, 0.15) is 0 Å². The van der Waals surface area contributed by atoms with E-state index in [4.69, 9.17) is 4.18 Å². The molecule has 0 N–H and O–H groups in total. The SMILES string of the molecule is C/C=C/C(C)CCOS(c1ccccc1)(c1ccccc1)C(C)(C)C. The van der Waals surface area contributed by atoms with Gasteiger partial charge in [-0.25, -0.2) is 0 Å². The van der Waals surface area contributed by atoms with Crippen molar-refractivity contribution in [2.75, 3.05) is 6.61 Å². The second-order valence-electron chi connectivity index (χ2n) is 7.41. The summed E-state index contributed by atoms with van der Waals surface area (Å²) in [5, 5.41) is 0. The van der Waals surface area contributed by atoms with E-state index >= 15 is 0 Å². The van der Waals surface area contributed by atoms with Crippen LogP contribution in [0.3, 0.4) is 0 Å². The minimum atomic E-state index is -1.60. The molecule has 0 saturated carbocycles. The Morgan fingerprint density at radius 3 is 1.80 bits per heavy atom. The first-order valence-corrected chi connectivity index (χ1v) is 10.7. The number of allylic oxidation sites excluding steroid dienone is 2. The van der Waals surface area contributed by atoms with Crippen LogP contribution in [0.4, 0.5) is 0 Å². The lowest BCUT2D eigenvalue weighted by Crippen LogP contribution is -2.28. The van der Waals surface area contributed by atoms with Gasteiger partial charge in [-0.3, -0.25) is 0 Å². The molecule has 0 saturated heterocycles. The van der Waals surface area contributed by atoms with Gasteiger partial charge < -0.3 is 4.18 Å². The molecule has 0 aromatic heterocycles. The molecule has 1 nitrogen and oxygen atoms in total. The van der Waals surface area contributed by atoms with Crippen LogP contribution in [0.1, 0.15) is 41.0 Å². The van der Waals surface area contributed by atoms with Crippen molar-refractivity contribution in [2.45, 2.75) is 55.6 Å². The molecule has 2 rings (SSSR count). The third-order valence-electron chi connectivity index (χ3n) is 4.37. The Morgan fingerprint density at radius 2 is 1.40 bits per heavy atom. The molecule has 2 aromatic rings. The Labute approximate surface area is 155 Å². The molecule has 0 aliphatic rings. The molecule has 0 aliphatic heterocycles. The molecule has 1 atom stereocenters. The molecule has 0 fully saturated rings. The third kappa shape index (κ3) is 4.56. The zero-order valence-corrected chi connectivity index (χ0v) is 17.1. The van der Waals surface area contributed by atoms with E-state index in [2.05, 4.69) is 107 Å². The molecule has 2 heteroatoms. The van der Waals surface area contributed by atoms with Crippen molar-refractivity contribution in [2.24, 2.45) is 5.92 Å². The van der Waals surface area contributed by atoms with E-state index < -0.39 is 10.3 Å². The molecule has 0 bridgehead atoms. The molecule has 1 unspecified atom stereocenters. The van der Waals surface area contributed by atoms with Gasteiger partial charge in [0.25, 0.3) is 0 Å². The molecule has 25 heavy (non-hydrogen) atoms. The van der Waals surface area contributed by atoms with E-state index in [-0.39, 0.29) is 4.75 Å². The maximum atomic E-state index is 6.83. The van der Waals surface area contributed by atoms with Gasteiger partial charge in [0.2, 0.25) is 0 Å². The first-order chi connectivity index (χ1) is 11.9. The molecule has 0 heterocycles. The van der Waals surface area contributed by atoms with E-state index in [1.807, 2.05) is 0 Å². The Kier molecular flexibility index (Phi) is 6.92. The van der Waals surface area contributed by atoms with Crippen LogP contribution in [0, 0.1) is 5.92 Å². The summed E-state index contributed by atoms with van der Waals surface area (Å²) in [6.45, 7) is 12.0. The van der Waals surface area contributed by atoms with Crippen LogP contribution < -0.4 is 0 Å². The van der Waals surface area contributed by atoms with Crippen molar-refractivity contribution in [3.05, 3.63) is 72.8 Å². The average molecular weight is 357 g/mol. The standard InChI is InChI=1S/C23H32OS/c1-6-13-20(2)18-19-24-25(23(3,4)5,21-14-9-7-10-15-21)22-16-11-8-12-17-22/h6-17,20H,18-19H2,1-5H3/b13-6+. The molecular weight excluding hydrogens is 324 g/mol. The van der Waals surface area contributed by atoms with Crippen LogP contribution in [0.5, 0.6) is 0 Å². The van der Waals surface area contributed by atoms with Crippen LogP contribution >= 0.6 is 10.3 Å². The highest BCUT2D eigenvalue weighted by molar-refractivity contribution is 8.31. The van der Waals surface area contributed by atoms with Crippen molar-refractivity contribution < 1.29 is 4.18 Å².